The molecule has 0 amide bonds. The summed E-state index contributed by atoms with van der Waals surface area (Å²) in [6, 6.07) is 5.27. The molecule has 1 fully saturated rings. The van der Waals surface area contributed by atoms with Crippen LogP contribution in [0.3, 0.4) is 0 Å². The van der Waals surface area contributed by atoms with E-state index in [0.29, 0.717) is 17.2 Å². The minimum Gasteiger partial charge on any atom is -0.310 e. The van der Waals surface area contributed by atoms with Crippen LogP contribution in [-0.4, -0.2) is 34.7 Å². The second kappa shape index (κ2) is 8.26. The maximum absolute atomic E-state index is 13.0. The molecular weight excluding hydrogens is 461 g/mol. The van der Waals surface area contributed by atoms with Crippen LogP contribution in [0.25, 0.3) is 11.0 Å². The van der Waals surface area contributed by atoms with E-state index >= 15 is 0 Å². The van der Waals surface area contributed by atoms with Gasteiger partial charge >= 0.3 is 6.18 Å². The highest BCUT2D eigenvalue weighted by atomic mass is 19.4. The van der Waals surface area contributed by atoms with Crippen LogP contribution >= 0.6 is 0 Å². The van der Waals surface area contributed by atoms with Crippen molar-refractivity contribution in [1.29, 1.82) is 5.26 Å². The highest BCUT2D eigenvalue weighted by molar-refractivity contribution is 5.80. The van der Waals surface area contributed by atoms with E-state index in [1.807, 2.05) is 19.1 Å². The van der Waals surface area contributed by atoms with Gasteiger partial charge in [-0.1, -0.05) is 6.07 Å². The molecule has 0 spiro atoms. The number of alkyl halides is 3. The molecular formula is C23H19F3N8O. The van der Waals surface area contributed by atoms with Gasteiger partial charge < -0.3 is 4.98 Å². The lowest BCUT2D eigenvalue weighted by molar-refractivity contribution is -0.141. The Morgan fingerprint density at radius 3 is 2.54 bits per heavy atom. The number of H-pyrrole nitrogens is 1. The Kier molecular flexibility index (Phi) is 5.35. The van der Waals surface area contributed by atoms with Gasteiger partial charge in [-0.15, -0.1) is 0 Å². The van der Waals surface area contributed by atoms with Crippen molar-refractivity contribution in [2.45, 2.75) is 50.7 Å². The van der Waals surface area contributed by atoms with Gasteiger partial charge in [0.1, 0.15) is 28.8 Å². The molecule has 1 saturated carbocycles. The third-order valence-electron chi connectivity index (χ3n) is 6.38. The zero-order valence-electron chi connectivity index (χ0n) is 18.7. The third-order valence-corrected chi connectivity index (χ3v) is 6.38. The first-order valence-electron chi connectivity index (χ1n) is 10.9. The number of nitrogens with one attached hydrogen (secondary N) is 1. The van der Waals surface area contributed by atoms with Gasteiger partial charge in [-0.05, 0) is 44.4 Å². The Labute approximate surface area is 196 Å². The average molecular weight is 480 g/mol. The number of nitrogens with zero attached hydrogens (tertiary/aromatic N) is 7. The molecule has 4 aromatic rings. The topological polar surface area (TPSA) is 126 Å². The number of aromatic nitrogens is 7. The first-order chi connectivity index (χ1) is 16.7. The maximum Gasteiger partial charge on any atom is 0.433 e. The molecule has 3 atom stereocenters. The smallest absolute Gasteiger partial charge is 0.310 e. The van der Waals surface area contributed by atoms with Crippen molar-refractivity contribution in [3.05, 3.63) is 75.2 Å². The molecule has 0 aromatic carbocycles. The van der Waals surface area contributed by atoms with Gasteiger partial charge in [0.05, 0.1) is 6.04 Å². The lowest BCUT2D eigenvalue weighted by Crippen LogP contribution is -2.28. The van der Waals surface area contributed by atoms with Crippen molar-refractivity contribution in [3.63, 3.8) is 0 Å². The van der Waals surface area contributed by atoms with Crippen LogP contribution in [0.4, 0.5) is 13.2 Å². The number of pyridine rings is 1. The Morgan fingerprint density at radius 1 is 1.17 bits per heavy atom. The monoisotopic (exact) mass is 480 g/mol. The molecule has 0 radical (unpaired) electrons. The second-order valence-corrected chi connectivity index (χ2v) is 8.55. The molecule has 5 rings (SSSR count). The van der Waals surface area contributed by atoms with Gasteiger partial charge in [-0.3, -0.25) is 9.78 Å². The summed E-state index contributed by atoms with van der Waals surface area (Å²) in [7, 11) is 0. The number of hydrogen-bond acceptors (Lipinski definition) is 7. The van der Waals surface area contributed by atoms with Gasteiger partial charge in [-0.25, -0.2) is 19.6 Å². The van der Waals surface area contributed by atoms with Gasteiger partial charge in [0, 0.05) is 29.9 Å². The fraction of sp³-hybridized carbons (Fsp3) is 0.348. The lowest BCUT2D eigenvalue weighted by atomic mass is 9.72. The van der Waals surface area contributed by atoms with Crippen molar-refractivity contribution < 1.29 is 13.2 Å². The Balaban J connectivity index is 1.57. The van der Waals surface area contributed by atoms with E-state index in [-0.39, 0.29) is 28.6 Å². The maximum atomic E-state index is 13.0. The predicted molar refractivity (Wildman–Crippen MR) is 117 cm³/mol. The minimum absolute atomic E-state index is 0.0150. The molecule has 4 aromatic heterocycles. The van der Waals surface area contributed by atoms with Crippen molar-refractivity contribution in [2.24, 2.45) is 0 Å². The molecule has 0 bridgehead atoms. The first-order valence-corrected chi connectivity index (χ1v) is 10.9. The number of aromatic amines is 1. The van der Waals surface area contributed by atoms with Crippen LogP contribution in [0.5, 0.6) is 0 Å². The number of rotatable bonds is 4. The van der Waals surface area contributed by atoms with Gasteiger partial charge in [-0.2, -0.15) is 23.5 Å². The summed E-state index contributed by atoms with van der Waals surface area (Å²) in [5.74, 6) is 0.983. The standard InChI is InChI=1S/C23H19F3N8O/c1-11-7-8-28-19(30-11)14-4-5-15(14)20-31-21-18(22(35)32-20)16(9-27)33-34(21)12(2)13-3-6-17(29-10-13)23(24,25)26/h3,6-8,10,12,14-15H,4-5H2,1-2H3,(H,31,32,35)/t12-,14+,15-/m0/s1. The summed E-state index contributed by atoms with van der Waals surface area (Å²) >= 11 is 0. The molecule has 12 heteroatoms. The number of hydrogen-bond donors (Lipinski definition) is 1. The molecule has 1 N–H and O–H groups in total. The van der Waals surface area contributed by atoms with Gasteiger partial charge in [0.15, 0.2) is 11.3 Å². The molecule has 9 nitrogen and oxygen atoms in total. The lowest BCUT2D eigenvalue weighted by Gasteiger charge is -2.34. The van der Waals surface area contributed by atoms with E-state index in [1.165, 1.54) is 10.7 Å². The fourth-order valence-corrected chi connectivity index (χ4v) is 4.33. The molecule has 4 heterocycles. The van der Waals surface area contributed by atoms with Crippen molar-refractivity contribution in [1.82, 2.24) is 34.7 Å². The van der Waals surface area contributed by atoms with E-state index < -0.39 is 23.5 Å². The van der Waals surface area contributed by atoms with Crippen LogP contribution in [-0.2, 0) is 6.18 Å². The second-order valence-electron chi connectivity index (χ2n) is 8.55. The first kappa shape index (κ1) is 22.6. The Hall–Kier alpha value is -4.14. The van der Waals surface area contributed by atoms with Crippen LogP contribution in [0.1, 0.15) is 71.9 Å². The highest BCUT2D eigenvalue weighted by Gasteiger charge is 2.38. The van der Waals surface area contributed by atoms with Crippen molar-refractivity contribution in [2.75, 3.05) is 0 Å². The molecule has 0 saturated heterocycles. The van der Waals surface area contributed by atoms with E-state index in [4.69, 9.17) is 0 Å². The number of fused-ring (bicyclic) bond motifs is 1. The highest BCUT2D eigenvalue weighted by Crippen LogP contribution is 2.46. The summed E-state index contributed by atoms with van der Waals surface area (Å²) in [5, 5.41) is 13.8. The average Bonchev–Trinajstić information content (AvgIpc) is 3.17. The summed E-state index contributed by atoms with van der Waals surface area (Å²) in [6.45, 7) is 3.57. The van der Waals surface area contributed by atoms with E-state index in [9.17, 15) is 23.2 Å². The van der Waals surface area contributed by atoms with E-state index in [2.05, 4.69) is 30.0 Å². The Bertz CT molecular complexity index is 1520. The van der Waals surface area contributed by atoms with Crippen LogP contribution in [0.2, 0.25) is 0 Å². The number of halogens is 3. The molecule has 35 heavy (non-hydrogen) atoms. The zero-order valence-corrected chi connectivity index (χ0v) is 18.7. The van der Waals surface area contributed by atoms with Gasteiger partial charge in [0.25, 0.3) is 5.56 Å². The summed E-state index contributed by atoms with van der Waals surface area (Å²) < 4.78 is 40.1. The van der Waals surface area contributed by atoms with Crippen molar-refractivity contribution >= 4 is 11.0 Å². The molecule has 0 unspecified atom stereocenters. The summed E-state index contributed by atoms with van der Waals surface area (Å²) in [5.41, 5.74) is -0.176. The Morgan fingerprint density at radius 2 is 1.94 bits per heavy atom. The van der Waals surface area contributed by atoms with Gasteiger partial charge in [0.2, 0.25) is 0 Å². The molecule has 178 valence electrons. The van der Waals surface area contributed by atoms with Crippen LogP contribution in [0.15, 0.2) is 35.4 Å². The largest absolute Gasteiger partial charge is 0.433 e. The predicted octanol–water partition coefficient (Wildman–Crippen LogP) is 3.77. The normalized spacial score (nSPS) is 18.7. The third kappa shape index (κ3) is 3.92. The zero-order chi connectivity index (χ0) is 24.9. The molecule has 1 aliphatic rings. The van der Waals surface area contributed by atoms with Crippen LogP contribution in [0, 0.1) is 18.3 Å². The molecule has 1 aliphatic carbocycles. The van der Waals surface area contributed by atoms with Crippen LogP contribution < -0.4 is 5.56 Å². The fourth-order valence-electron chi connectivity index (χ4n) is 4.33. The summed E-state index contributed by atoms with van der Waals surface area (Å²) in [6.07, 6.45) is -0.142. The number of aryl methyl sites for hydroxylation is 1. The minimum atomic E-state index is -4.56. The molecule has 0 aliphatic heterocycles. The van der Waals surface area contributed by atoms with E-state index in [1.54, 1.807) is 13.1 Å². The van der Waals surface area contributed by atoms with Crippen molar-refractivity contribution in [3.8, 4) is 6.07 Å². The summed E-state index contributed by atoms with van der Waals surface area (Å²) in [4.78, 5) is 32.8. The quantitative estimate of drug-likeness (QED) is 0.471. The number of nitriles is 1. The SMILES string of the molecule is Cc1ccnc([C@@H]2CC[C@@H]2c2nc3c(c(C#N)nn3[C@@H](C)c3ccc(C(F)(F)F)nc3)c(=O)[nH]2)n1. The van der Waals surface area contributed by atoms with E-state index in [0.717, 1.165) is 30.8 Å².